The maximum Gasteiger partial charge on any atom is 0.267 e. The predicted molar refractivity (Wildman–Crippen MR) is 71.3 cm³/mol. The second kappa shape index (κ2) is 4.59. The van der Waals surface area contributed by atoms with Crippen LogP contribution in [0.5, 0.6) is 0 Å². The number of aromatic amines is 2. The summed E-state index contributed by atoms with van der Waals surface area (Å²) in [6, 6.07) is 6.88. The van der Waals surface area contributed by atoms with E-state index in [0.717, 1.165) is 11.3 Å². The summed E-state index contributed by atoms with van der Waals surface area (Å²) in [7, 11) is 0. The molecule has 1 aliphatic rings. The Hall–Kier alpha value is -2.01. The van der Waals surface area contributed by atoms with Gasteiger partial charge in [0.2, 0.25) is 0 Å². The number of amides is 1. The lowest BCUT2D eigenvalue weighted by atomic mass is 10.1. The van der Waals surface area contributed by atoms with E-state index >= 15 is 0 Å². The van der Waals surface area contributed by atoms with Gasteiger partial charge in [0.1, 0.15) is 0 Å². The number of hydrogen-bond acceptors (Lipinski definition) is 2. The van der Waals surface area contributed by atoms with Crippen molar-refractivity contribution in [3.05, 3.63) is 56.5 Å². The Labute approximate surface area is 114 Å². The van der Waals surface area contributed by atoms with Crippen molar-refractivity contribution in [2.75, 3.05) is 6.54 Å². The van der Waals surface area contributed by atoms with E-state index in [2.05, 4.69) is 10.2 Å². The van der Waals surface area contributed by atoms with Crippen LogP contribution in [0.15, 0.2) is 29.1 Å². The molecule has 6 heteroatoms. The first-order chi connectivity index (χ1) is 9.15. The minimum Gasteiger partial charge on any atom is -0.332 e. The van der Waals surface area contributed by atoms with Crippen LogP contribution in [0.1, 0.15) is 21.6 Å². The molecule has 19 heavy (non-hydrogen) atoms. The van der Waals surface area contributed by atoms with Gasteiger partial charge in [-0.1, -0.05) is 17.7 Å². The topological polar surface area (TPSA) is 69.0 Å². The van der Waals surface area contributed by atoms with Crippen molar-refractivity contribution in [1.82, 2.24) is 15.1 Å². The summed E-state index contributed by atoms with van der Waals surface area (Å²) in [6.45, 7) is 0.957. The monoisotopic (exact) mass is 277 g/mol. The number of carbonyl (C=O) groups excluding carboxylic acids is 1. The summed E-state index contributed by atoms with van der Waals surface area (Å²) >= 11 is 5.89. The van der Waals surface area contributed by atoms with Gasteiger partial charge in [0, 0.05) is 22.7 Å². The molecule has 5 nitrogen and oxygen atoms in total. The third kappa shape index (κ3) is 2.17. The molecule has 3 rings (SSSR count). The SMILES string of the molecule is O=C(c1cccc(Cl)c1)N1CCc2c([nH][nH]c2=O)C1. The number of rotatable bonds is 1. The molecule has 1 aromatic heterocycles. The zero-order valence-electron chi connectivity index (χ0n) is 10.1. The number of nitrogens with one attached hydrogen (secondary N) is 2. The molecule has 0 saturated carbocycles. The minimum atomic E-state index is -0.0927. The Bertz CT molecular complexity index is 689. The van der Waals surface area contributed by atoms with Gasteiger partial charge in [-0.15, -0.1) is 0 Å². The van der Waals surface area contributed by atoms with E-state index < -0.39 is 0 Å². The smallest absolute Gasteiger partial charge is 0.267 e. The number of benzene rings is 1. The molecular weight excluding hydrogens is 266 g/mol. The average molecular weight is 278 g/mol. The molecule has 0 unspecified atom stereocenters. The Balaban J connectivity index is 1.85. The molecule has 2 aromatic rings. The molecule has 1 aromatic carbocycles. The number of nitrogens with zero attached hydrogens (tertiary/aromatic N) is 1. The molecule has 0 atom stereocenters. The quantitative estimate of drug-likeness (QED) is 0.830. The van der Waals surface area contributed by atoms with E-state index in [1.54, 1.807) is 29.2 Å². The Morgan fingerprint density at radius 3 is 2.95 bits per heavy atom. The van der Waals surface area contributed by atoms with Gasteiger partial charge in [-0.3, -0.25) is 14.7 Å². The maximum atomic E-state index is 12.3. The summed E-state index contributed by atoms with van der Waals surface area (Å²) in [5.74, 6) is -0.0739. The summed E-state index contributed by atoms with van der Waals surface area (Å²) in [6.07, 6.45) is 0.570. The van der Waals surface area contributed by atoms with Crippen LogP contribution in [0.2, 0.25) is 5.02 Å². The number of hydrogen-bond donors (Lipinski definition) is 2. The van der Waals surface area contributed by atoms with E-state index in [1.165, 1.54) is 0 Å². The average Bonchev–Trinajstić information content (AvgIpc) is 2.79. The molecule has 2 heterocycles. The molecule has 0 fully saturated rings. The highest BCUT2D eigenvalue weighted by atomic mass is 35.5. The van der Waals surface area contributed by atoms with Gasteiger partial charge in [0.15, 0.2) is 0 Å². The van der Waals surface area contributed by atoms with Crippen LogP contribution >= 0.6 is 11.6 Å². The van der Waals surface area contributed by atoms with Gasteiger partial charge < -0.3 is 10.00 Å². The summed E-state index contributed by atoms with van der Waals surface area (Å²) in [4.78, 5) is 25.5. The van der Waals surface area contributed by atoms with Gasteiger partial charge in [0.25, 0.3) is 11.5 Å². The number of fused-ring (bicyclic) bond motifs is 1. The molecule has 1 aliphatic heterocycles. The van der Waals surface area contributed by atoms with Crippen LogP contribution in [-0.2, 0) is 13.0 Å². The molecule has 2 N–H and O–H groups in total. The van der Waals surface area contributed by atoms with Crippen LogP contribution in [0.3, 0.4) is 0 Å². The lowest BCUT2D eigenvalue weighted by Crippen LogP contribution is -2.36. The van der Waals surface area contributed by atoms with E-state index in [4.69, 9.17) is 11.6 Å². The Kier molecular flexibility index (Phi) is 2.91. The first-order valence-electron chi connectivity index (χ1n) is 5.98. The standard InChI is InChI=1S/C13H12ClN3O2/c14-9-3-1-2-8(6-9)13(19)17-5-4-10-11(7-17)15-16-12(10)18/h1-3,6H,4-5,7H2,(H2,15,16,18). The number of H-pyrrole nitrogens is 2. The van der Waals surface area contributed by atoms with E-state index in [-0.39, 0.29) is 11.5 Å². The fourth-order valence-corrected chi connectivity index (χ4v) is 2.50. The van der Waals surface area contributed by atoms with Crippen LogP contribution in [0.25, 0.3) is 0 Å². The fourth-order valence-electron chi connectivity index (χ4n) is 2.31. The first-order valence-corrected chi connectivity index (χ1v) is 6.36. The molecular formula is C13H12ClN3O2. The Morgan fingerprint density at radius 1 is 1.32 bits per heavy atom. The third-order valence-corrected chi connectivity index (χ3v) is 3.54. The van der Waals surface area contributed by atoms with Gasteiger partial charge in [-0.25, -0.2) is 0 Å². The summed E-state index contributed by atoms with van der Waals surface area (Å²) in [5.41, 5.74) is 2.00. The van der Waals surface area contributed by atoms with Crippen molar-refractivity contribution >= 4 is 17.5 Å². The van der Waals surface area contributed by atoms with Gasteiger partial charge in [0.05, 0.1) is 12.2 Å². The number of carbonyl (C=O) groups is 1. The predicted octanol–water partition coefficient (Wildman–Crippen LogP) is 1.55. The van der Waals surface area contributed by atoms with Gasteiger partial charge in [-0.2, -0.15) is 0 Å². The van der Waals surface area contributed by atoms with Crippen LogP contribution in [-0.4, -0.2) is 27.5 Å². The third-order valence-electron chi connectivity index (χ3n) is 3.30. The summed E-state index contributed by atoms with van der Waals surface area (Å²) < 4.78 is 0. The molecule has 0 saturated heterocycles. The van der Waals surface area contributed by atoms with Crippen LogP contribution in [0, 0.1) is 0 Å². The maximum absolute atomic E-state index is 12.3. The molecule has 0 spiro atoms. The molecule has 1 amide bonds. The molecule has 0 bridgehead atoms. The highest BCUT2D eigenvalue weighted by Crippen LogP contribution is 2.18. The molecule has 0 aliphatic carbocycles. The molecule has 0 radical (unpaired) electrons. The summed E-state index contributed by atoms with van der Waals surface area (Å²) in [5, 5.41) is 5.90. The van der Waals surface area contributed by atoms with Crippen molar-refractivity contribution in [2.45, 2.75) is 13.0 Å². The van der Waals surface area contributed by atoms with Crippen molar-refractivity contribution in [3.8, 4) is 0 Å². The second-order valence-electron chi connectivity index (χ2n) is 4.52. The largest absolute Gasteiger partial charge is 0.332 e. The fraction of sp³-hybridized carbons (Fsp3) is 0.231. The second-order valence-corrected chi connectivity index (χ2v) is 4.96. The van der Waals surface area contributed by atoms with Crippen LogP contribution in [0.4, 0.5) is 0 Å². The van der Waals surface area contributed by atoms with Crippen molar-refractivity contribution in [3.63, 3.8) is 0 Å². The van der Waals surface area contributed by atoms with Crippen molar-refractivity contribution in [2.24, 2.45) is 0 Å². The lowest BCUT2D eigenvalue weighted by Gasteiger charge is -2.26. The van der Waals surface area contributed by atoms with Crippen molar-refractivity contribution in [1.29, 1.82) is 0 Å². The zero-order valence-corrected chi connectivity index (χ0v) is 10.8. The highest BCUT2D eigenvalue weighted by molar-refractivity contribution is 6.30. The van der Waals surface area contributed by atoms with Gasteiger partial charge >= 0.3 is 0 Å². The van der Waals surface area contributed by atoms with E-state index in [0.29, 0.717) is 30.1 Å². The van der Waals surface area contributed by atoms with Gasteiger partial charge in [-0.05, 0) is 24.6 Å². The number of aromatic nitrogens is 2. The Morgan fingerprint density at radius 2 is 2.16 bits per heavy atom. The number of halogens is 1. The molecule has 98 valence electrons. The highest BCUT2D eigenvalue weighted by Gasteiger charge is 2.24. The van der Waals surface area contributed by atoms with Crippen molar-refractivity contribution < 1.29 is 4.79 Å². The van der Waals surface area contributed by atoms with E-state index in [1.807, 2.05) is 0 Å². The normalized spacial score (nSPS) is 14.3. The first kappa shape index (κ1) is 12.0. The van der Waals surface area contributed by atoms with E-state index in [9.17, 15) is 9.59 Å². The minimum absolute atomic E-state index is 0.0739. The zero-order chi connectivity index (χ0) is 13.4. The lowest BCUT2D eigenvalue weighted by molar-refractivity contribution is 0.0732. The van der Waals surface area contributed by atoms with Crippen LogP contribution < -0.4 is 5.56 Å².